The fraction of sp³-hybridized carbons (Fsp3) is 0.632. The maximum absolute atomic E-state index is 12.4. The highest BCUT2D eigenvalue weighted by atomic mass is 16.2. The van der Waals surface area contributed by atoms with Crippen molar-refractivity contribution >= 4 is 11.8 Å². The van der Waals surface area contributed by atoms with Gasteiger partial charge in [0, 0.05) is 50.3 Å². The Labute approximate surface area is 149 Å². The van der Waals surface area contributed by atoms with Gasteiger partial charge in [-0.25, -0.2) is 0 Å². The number of carbonyl (C=O) groups is 2. The van der Waals surface area contributed by atoms with Crippen LogP contribution >= 0.6 is 0 Å². The minimum Gasteiger partial charge on any atom is -0.353 e. The Hall–Kier alpha value is -2.11. The molecule has 0 bridgehead atoms. The molecule has 1 N–H and O–H groups in total. The second-order valence-electron chi connectivity index (χ2n) is 6.66. The zero-order valence-corrected chi connectivity index (χ0v) is 15.2. The first-order valence-electron chi connectivity index (χ1n) is 9.28. The molecule has 138 valence electrons. The van der Waals surface area contributed by atoms with E-state index in [-0.39, 0.29) is 35.8 Å². The van der Waals surface area contributed by atoms with Crippen molar-refractivity contribution in [3.05, 3.63) is 34.7 Å². The van der Waals surface area contributed by atoms with E-state index in [1.807, 2.05) is 4.90 Å². The molecular weight excluding hydrogens is 318 g/mol. The fourth-order valence-electron chi connectivity index (χ4n) is 3.31. The highest BCUT2D eigenvalue weighted by Gasteiger charge is 2.27. The van der Waals surface area contributed by atoms with Crippen molar-refractivity contribution < 1.29 is 9.59 Å². The van der Waals surface area contributed by atoms with Crippen molar-refractivity contribution in [2.24, 2.45) is 5.92 Å². The van der Waals surface area contributed by atoms with Gasteiger partial charge in [0.2, 0.25) is 11.8 Å². The molecule has 0 saturated carbocycles. The van der Waals surface area contributed by atoms with Gasteiger partial charge in [-0.3, -0.25) is 14.4 Å². The second-order valence-corrected chi connectivity index (χ2v) is 6.66. The lowest BCUT2D eigenvalue weighted by atomic mass is 9.98. The third kappa shape index (κ3) is 5.44. The second kappa shape index (κ2) is 9.39. The SMILES string of the molecule is CCC(CC)C(=O)N1CCC(NC(=O)CCn2ccccc2=O)CC1. The molecule has 1 aliphatic heterocycles. The van der Waals surface area contributed by atoms with Crippen molar-refractivity contribution in [2.45, 2.75) is 58.5 Å². The minimum absolute atomic E-state index is 0.0412. The van der Waals surface area contributed by atoms with Gasteiger partial charge in [0.05, 0.1) is 0 Å². The molecule has 1 saturated heterocycles. The molecule has 1 aromatic rings. The standard InChI is InChI=1S/C19H29N3O3/c1-3-15(4-2)19(25)22-12-8-16(9-13-22)20-17(23)10-14-21-11-6-5-7-18(21)24/h5-7,11,15-16H,3-4,8-10,12-14H2,1-2H3,(H,20,23). The van der Waals surface area contributed by atoms with Gasteiger partial charge in [-0.1, -0.05) is 19.9 Å². The highest BCUT2D eigenvalue weighted by molar-refractivity contribution is 5.79. The molecule has 0 unspecified atom stereocenters. The predicted octanol–water partition coefficient (Wildman–Crippen LogP) is 1.78. The van der Waals surface area contributed by atoms with Crippen LogP contribution in [0.1, 0.15) is 46.0 Å². The van der Waals surface area contributed by atoms with Crippen LogP contribution in [0, 0.1) is 5.92 Å². The number of aromatic nitrogens is 1. The Morgan fingerprint density at radius 2 is 1.88 bits per heavy atom. The Balaban J connectivity index is 1.74. The molecule has 2 rings (SSSR count). The quantitative estimate of drug-likeness (QED) is 0.817. The van der Waals surface area contributed by atoms with E-state index in [2.05, 4.69) is 19.2 Å². The van der Waals surface area contributed by atoms with Crippen LogP contribution < -0.4 is 10.9 Å². The van der Waals surface area contributed by atoms with E-state index < -0.39 is 0 Å². The summed E-state index contributed by atoms with van der Waals surface area (Å²) in [7, 11) is 0. The molecule has 1 aromatic heterocycles. The molecule has 25 heavy (non-hydrogen) atoms. The van der Waals surface area contributed by atoms with Crippen molar-refractivity contribution in [3.63, 3.8) is 0 Å². The van der Waals surface area contributed by atoms with Crippen LogP contribution in [0.5, 0.6) is 0 Å². The molecule has 1 aliphatic rings. The monoisotopic (exact) mass is 347 g/mol. The summed E-state index contributed by atoms with van der Waals surface area (Å²) >= 11 is 0. The molecule has 1 fully saturated rings. The number of hydrogen-bond acceptors (Lipinski definition) is 3. The summed E-state index contributed by atoms with van der Waals surface area (Å²) in [6.45, 7) is 5.91. The summed E-state index contributed by atoms with van der Waals surface area (Å²) in [4.78, 5) is 38.0. The van der Waals surface area contributed by atoms with Gasteiger partial charge in [0.25, 0.3) is 5.56 Å². The molecule has 0 aliphatic carbocycles. The Kier molecular flexibility index (Phi) is 7.22. The van der Waals surface area contributed by atoms with Crippen LogP contribution in [0.25, 0.3) is 0 Å². The van der Waals surface area contributed by atoms with Gasteiger partial charge in [0.1, 0.15) is 0 Å². The van der Waals surface area contributed by atoms with E-state index in [1.165, 1.54) is 10.6 Å². The number of amides is 2. The molecule has 2 amide bonds. The number of pyridine rings is 1. The molecule has 2 heterocycles. The number of nitrogens with zero attached hydrogens (tertiary/aromatic N) is 2. The molecule has 0 spiro atoms. The van der Waals surface area contributed by atoms with E-state index >= 15 is 0 Å². The van der Waals surface area contributed by atoms with Crippen LogP contribution in [-0.2, 0) is 16.1 Å². The van der Waals surface area contributed by atoms with Crippen LogP contribution in [0.3, 0.4) is 0 Å². The molecule has 0 atom stereocenters. The lowest BCUT2D eigenvalue weighted by molar-refractivity contribution is -0.137. The molecule has 6 nitrogen and oxygen atoms in total. The number of nitrogens with one attached hydrogen (secondary N) is 1. The average Bonchev–Trinajstić information content (AvgIpc) is 2.62. The Bertz CT molecular complexity index is 629. The molecule has 0 aromatic carbocycles. The van der Waals surface area contributed by atoms with Crippen molar-refractivity contribution in [1.82, 2.24) is 14.8 Å². The summed E-state index contributed by atoms with van der Waals surface area (Å²) in [5, 5.41) is 3.03. The smallest absolute Gasteiger partial charge is 0.250 e. The largest absolute Gasteiger partial charge is 0.353 e. The first-order valence-corrected chi connectivity index (χ1v) is 9.28. The third-order valence-corrected chi connectivity index (χ3v) is 4.99. The lowest BCUT2D eigenvalue weighted by Gasteiger charge is -2.34. The zero-order chi connectivity index (χ0) is 18.2. The van der Waals surface area contributed by atoms with E-state index in [0.717, 1.165) is 25.7 Å². The first kappa shape index (κ1) is 19.2. The van der Waals surface area contributed by atoms with Gasteiger partial charge < -0.3 is 14.8 Å². The van der Waals surface area contributed by atoms with E-state index in [4.69, 9.17) is 0 Å². The topological polar surface area (TPSA) is 71.4 Å². The Morgan fingerprint density at radius 1 is 1.20 bits per heavy atom. The minimum atomic E-state index is -0.0940. The highest BCUT2D eigenvalue weighted by Crippen LogP contribution is 2.17. The Morgan fingerprint density at radius 3 is 2.48 bits per heavy atom. The van der Waals surface area contributed by atoms with E-state index in [1.54, 1.807) is 18.3 Å². The van der Waals surface area contributed by atoms with Gasteiger partial charge in [-0.15, -0.1) is 0 Å². The number of hydrogen-bond donors (Lipinski definition) is 1. The summed E-state index contributed by atoms with van der Waals surface area (Å²) in [6.07, 6.45) is 5.33. The summed E-state index contributed by atoms with van der Waals surface area (Å²) in [5.74, 6) is 0.328. The maximum Gasteiger partial charge on any atom is 0.250 e. The zero-order valence-electron chi connectivity index (χ0n) is 15.2. The summed E-state index contributed by atoms with van der Waals surface area (Å²) in [6, 6.07) is 5.08. The van der Waals surface area contributed by atoms with Gasteiger partial charge in [-0.05, 0) is 31.7 Å². The maximum atomic E-state index is 12.4. The van der Waals surface area contributed by atoms with Crippen molar-refractivity contribution in [3.8, 4) is 0 Å². The number of piperidine rings is 1. The summed E-state index contributed by atoms with van der Waals surface area (Å²) in [5.41, 5.74) is -0.0940. The number of rotatable bonds is 7. The van der Waals surface area contributed by atoms with Gasteiger partial charge in [-0.2, -0.15) is 0 Å². The van der Waals surface area contributed by atoms with Gasteiger partial charge >= 0.3 is 0 Å². The number of likely N-dealkylation sites (tertiary alicyclic amines) is 1. The van der Waals surface area contributed by atoms with Gasteiger partial charge in [0.15, 0.2) is 0 Å². The van der Waals surface area contributed by atoms with Crippen LogP contribution in [0.4, 0.5) is 0 Å². The van der Waals surface area contributed by atoms with Crippen LogP contribution in [-0.4, -0.2) is 40.4 Å². The van der Waals surface area contributed by atoms with E-state index in [9.17, 15) is 14.4 Å². The normalized spacial score (nSPS) is 15.4. The lowest BCUT2D eigenvalue weighted by Crippen LogP contribution is -2.48. The van der Waals surface area contributed by atoms with Crippen molar-refractivity contribution in [2.75, 3.05) is 13.1 Å². The van der Waals surface area contributed by atoms with Crippen LogP contribution in [0.15, 0.2) is 29.2 Å². The average molecular weight is 347 g/mol. The van der Waals surface area contributed by atoms with Crippen molar-refractivity contribution in [1.29, 1.82) is 0 Å². The van der Waals surface area contributed by atoms with Crippen LogP contribution in [0.2, 0.25) is 0 Å². The molecule has 6 heteroatoms. The number of aryl methyl sites for hydroxylation is 1. The molecule has 0 radical (unpaired) electrons. The third-order valence-electron chi connectivity index (χ3n) is 4.99. The predicted molar refractivity (Wildman–Crippen MR) is 97.1 cm³/mol. The number of carbonyl (C=O) groups excluding carboxylic acids is 2. The fourth-order valence-corrected chi connectivity index (χ4v) is 3.31. The summed E-state index contributed by atoms with van der Waals surface area (Å²) < 4.78 is 1.54. The first-order chi connectivity index (χ1) is 12.0. The van der Waals surface area contributed by atoms with E-state index in [0.29, 0.717) is 19.6 Å². The molecular formula is C19H29N3O3.